The van der Waals surface area contributed by atoms with Crippen LogP contribution in [0.15, 0.2) is 24.3 Å². The van der Waals surface area contributed by atoms with E-state index in [4.69, 9.17) is 0 Å². The third-order valence-electron chi connectivity index (χ3n) is 4.63. The minimum absolute atomic E-state index is 0.0329. The number of nitrogens with zero attached hydrogens (tertiary/aromatic N) is 1. The summed E-state index contributed by atoms with van der Waals surface area (Å²) in [5.74, 6) is 0.0329. The van der Waals surface area contributed by atoms with Crippen LogP contribution in [-0.2, 0) is 4.79 Å². The van der Waals surface area contributed by atoms with Crippen LogP contribution in [0.3, 0.4) is 0 Å². The van der Waals surface area contributed by atoms with Gasteiger partial charge in [-0.2, -0.15) is 0 Å². The standard InChI is InChI=1S/C17H25N3O2/c1-12-3-2-4-14(9-12)20-7-5-13(6-8-20)19-17(22)16-10-15(21)11-18-16/h2-4,9,13,15-16,18,21H,5-8,10-11H2,1H3,(H,19,22)/t15-,16-/m1/s1. The summed E-state index contributed by atoms with van der Waals surface area (Å²) in [5.41, 5.74) is 2.55. The van der Waals surface area contributed by atoms with E-state index in [0.29, 0.717) is 13.0 Å². The monoisotopic (exact) mass is 303 g/mol. The molecular formula is C17H25N3O2. The molecular weight excluding hydrogens is 278 g/mol. The lowest BCUT2D eigenvalue weighted by molar-refractivity contribution is -0.123. The van der Waals surface area contributed by atoms with Gasteiger partial charge in [0.05, 0.1) is 12.1 Å². The third kappa shape index (κ3) is 3.59. The number of aliphatic hydroxyl groups excluding tert-OH is 1. The average molecular weight is 303 g/mol. The van der Waals surface area contributed by atoms with E-state index in [1.54, 1.807) is 0 Å². The highest BCUT2D eigenvalue weighted by atomic mass is 16.3. The summed E-state index contributed by atoms with van der Waals surface area (Å²) in [4.78, 5) is 14.5. The number of amides is 1. The Bertz CT molecular complexity index is 526. The van der Waals surface area contributed by atoms with E-state index in [0.717, 1.165) is 25.9 Å². The Hall–Kier alpha value is -1.59. The highest BCUT2D eigenvalue weighted by Gasteiger charge is 2.30. The van der Waals surface area contributed by atoms with E-state index in [1.165, 1.54) is 11.3 Å². The summed E-state index contributed by atoms with van der Waals surface area (Å²) in [7, 11) is 0. The second-order valence-corrected chi connectivity index (χ2v) is 6.46. The van der Waals surface area contributed by atoms with Crippen LogP contribution in [0.5, 0.6) is 0 Å². The number of piperidine rings is 1. The van der Waals surface area contributed by atoms with Crippen molar-refractivity contribution in [2.75, 3.05) is 24.5 Å². The van der Waals surface area contributed by atoms with E-state index < -0.39 is 0 Å². The highest BCUT2D eigenvalue weighted by molar-refractivity contribution is 5.82. The lowest BCUT2D eigenvalue weighted by Gasteiger charge is -2.34. The second-order valence-electron chi connectivity index (χ2n) is 6.46. The first-order chi connectivity index (χ1) is 10.6. The zero-order valence-corrected chi connectivity index (χ0v) is 13.1. The van der Waals surface area contributed by atoms with Crippen LogP contribution >= 0.6 is 0 Å². The molecule has 2 atom stereocenters. The van der Waals surface area contributed by atoms with Gasteiger partial charge in [0.2, 0.25) is 5.91 Å². The highest BCUT2D eigenvalue weighted by Crippen LogP contribution is 2.21. The normalized spacial score (nSPS) is 26.2. The van der Waals surface area contributed by atoms with Crippen molar-refractivity contribution >= 4 is 11.6 Å². The van der Waals surface area contributed by atoms with E-state index in [9.17, 15) is 9.90 Å². The van der Waals surface area contributed by atoms with Gasteiger partial charge in [-0.3, -0.25) is 4.79 Å². The predicted octanol–water partition coefficient (Wildman–Crippen LogP) is 0.803. The maximum Gasteiger partial charge on any atom is 0.237 e. The number of benzene rings is 1. The Kier molecular flexibility index (Phi) is 4.64. The number of aryl methyl sites for hydroxylation is 1. The van der Waals surface area contributed by atoms with E-state index in [2.05, 4.69) is 46.7 Å². The Morgan fingerprint density at radius 3 is 2.77 bits per heavy atom. The molecule has 1 amide bonds. The van der Waals surface area contributed by atoms with Gasteiger partial charge >= 0.3 is 0 Å². The molecule has 1 aromatic rings. The molecule has 5 nitrogen and oxygen atoms in total. The molecule has 2 saturated heterocycles. The summed E-state index contributed by atoms with van der Waals surface area (Å²) < 4.78 is 0. The van der Waals surface area contributed by atoms with Gasteiger partial charge < -0.3 is 20.6 Å². The minimum atomic E-state index is -0.390. The largest absolute Gasteiger partial charge is 0.392 e. The Labute approximate surface area is 131 Å². The molecule has 0 radical (unpaired) electrons. The first-order valence-corrected chi connectivity index (χ1v) is 8.15. The molecule has 2 fully saturated rings. The van der Waals surface area contributed by atoms with E-state index in [-0.39, 0.29) is 24.1 Å². The van der Waals surface area contributed by atoms with Crippen LogP contribution in [0.2, 0.25) is 0 Å². The van der Waals surface area contributed by atoms with Gasteiger partial charge in [-0.25, -0.2) is 0 Å². The zero-order valence-electron chi connectivity index (χ0n) is 13.1. The first-order valence-electron chi connectivity index (χ1n) is 8.15. The summed E-state index contributed by atoms with van der Waals surface area (Å²) >= 11 is 0. The fraction of sp³-hybridized carbons (Fsp3) is 0.588. The molecule has 2 heterocycles. The molecule has 120 valence electrons. The van der Waals surface area contributed by atoms with E-state index in [1.807, 2.05) is 0 Å². The molecule has 0 bridgehead atoms. The maximum atomic E-state index is 12.2. The zero-order chi connectivity index (χ0) is 15.5. The van der Waals surface area contributed by atoms with E-state index >= 15 is 0 Å². The van der Waals surface area contributed by atoms with Crippen molar-refractivity contribution in [1.82, 2.24) is 10.6 Å². The Morgan fingerprint density at radius 1 is 1.36 bits per heavy atom. The number of hydrogen-bond acceptors (Lipinski definition) is 4. The number of anilines is 1. The van der Waals surface area contributed by atoms with Crippen molar-refractivity contribution < 1.29 is 9.90 Å². The number of nitrogens with one attached hydrogen (secondary N) is 2. The number of carbonyl (C=O) groups excluding carboxylic acids is 1. The molecule has 2 aliphatic rings. The van der Waals surface area contributed by atoms with Gasteiger partial charge in [-0.1, -0.05) is 12.1 Å². The van der Waals surface area contributed by atoms with Crippen LogP contribution in [0.25, 0.3) is 0 Å². The smallest absolute Gasteiger partial charge is 0.237 e. The van der Waals surface area contributed by atoms with Crippen molar-refractivity contribution in [2.45, 2.75) is 44.4 Å². The average Bonchev–Trinajstić information content (AvgIpc) is 2.95. The number of rotatable bonds is 3. The maximum absolute atomic E-state index is 12.2. The first kappa shape index (κ1) is 15.3. The van der Waals surface area contributed by atoms with Crippen LogP contribution in [0.4, 0.5) is 5.69 Å². The van der Waals surface area contributed by atoms with Crippen molar-refractivity contribution in [1.29, 1.82) is 0 Å². The van der Waals surface area contributed by atoms with Gasteiger partial charge in [0, 0.05) is 31.4 Å². The molecule has 2 aliphatic heterocycles. The Morgan fingerprint density at radius 2 is 2.14 bits per heavy atom. The SMILES string of the molecule is Cc1cccc(N2CCC(NC(=O)[C@H]3C[C@@H](O)CN3)CC2)c1. The van der Waals surface area contributed by atoms with Crippen molar-refractivity contribution in [3.63, 3.8) is 0 Å². The minimum Gasteiger partial charge on any atom is -0.392 e. The molecule has 3 N–H and O–H groups in total. The van der Waals surface area contributed by atoms with Crippen LogP contribution in [0.1, 0.15) is 24.8 Å². The number of β-amino-alcohol motifs (C(OH)–C–C–N with tert-alkyl or cyclic N) is 1. The number of aliphatic hydroxyl groups is 1. The molecule has 0 unspecified atom stereocenters. The summed E-state index contributed by atoms with van der Waals surface area (Å²) in [6, 6.07) is 8.58. The second kappa shape index (κ2) is 6.67. The molecule has 22 heavy (non-hydrogen) atoms. The third-order valence-corrected chi connectivity index (χ3v) is 4.63. The van der Waals surface area contributed by atoms with Crippen LogP contribution < -0.4 is 15.5 Å². The molecule has 1 aromatic carbocycles. The van der Waals surface area contributed by atoms with Crippen LogP contribution in [-0.4, -0.2) is 48.8 Å². The lowest BCUT2D eigenvalue weighted by atomic mass is 10.0. The predicted molar refractivity (Wildman–Crippen MR) is 87.0 cm³/mol. The molecule has 0 spiro atoms. The fourth-order valence-electron chi connectivity index (χ4n) is 3.33. The quantitative estimate of drug-likeness (QED) is 0.773. The Balaban J connectivity index is 1.48. The lowest BCUT2D eigenvalue weighted by Crippen LogP contribution is -2.49. The molecule has 0 aliphatic carbocycles. The number of carbonyl (C=O) groups is 1. The molecule has 5 heteroatoms. The van der Waals surface area contributed by atoms with Gasteiger partial charge in [0.1, 0.15) is 0 Å². The van der Waals surface area contributed by atoms with Crippen LogP contribution in [0, 0.1) is 6.92 Å². The van der Waals surface area contributed by atoms with Crippen molar-refractivity contribution in [3.8, 4) is 0 Å². The summed E-state index contributed by atoms with van der Waals surface area (Å²) in [5, 5.41) is 15.7. The topological polar surface area (TPSA) is 64.6 Å². The fourth-order valence-corrected chi connectivity index (χ4v) is 3.33. The van der Waals surface area contributed by atoms with Crippen molar-refractivity contribution in [2.24, 2.45) is 0 Å². The summed E-state index contributed by atoms with van der Waals surface area (Å²) in [6.45, 7) is 4.56. The molecule has 3 rings (SSSR count). The summed E-state index contributed by atoms with van der Waals surface area (Å²) in [6.07, 6.45) is 2.07. The molecule has 0 saturated carbocycles. The number of hydrogen-bond donors (Lipinski definition) is 3. The van der Waals surface area contributed by atoms with Gasteiger partial charge in [0.15, 0.2) is 0 Å². The van der Waals surface area contributed by atoms with Crippen molar-refractivity contribution in [3.05, 3.63) is 29.8 Å². The van der Waals surface area contributed by atoms with Gasteiger partial charge in [-0.15, -0.1) is 0 Å². The molecule has 0 aromatic heterocycles. The van der Waals surface area contributed by atoms with Gasteiger partial charge in [-0.05, 0) is 43.9 Å². The van der Waals surface area contributed by atoms with Gasteiger partial charge in [0.25, 0.3) is 0 Å².